The smallest absolute Gasteiger partial charge is 0.284 e. The predicted octanol–water partition coefficient (Wildman–Crippen LogP) is 5.09. The van der Waals surface area contributed by atoms with Gasteiger partial charge in [0.2, 0.25) is 0 Å². The average molecular weight is 445 g/mol. The highest BCUT2D eigenvalue weighted by Crippen LogP contribution is 2.32. The summed E-state index contributed by atoms with van der Waals surface area (Å²) in [6.07, 6.45) is 0. The fourth-order valence-electron chi connectivity index (χ4n) is 2.57. The van der Waals surface area contributed by atoms with E-state index < -0.39 is 10.8 Å². The van der Waals surface area contributed by atoms with Crippen LogP contribution in [0.15, 0.2) is 45.4 Å². The van der Waals surface area contributed by atoms with Crippen LogP contribution in [0.4, 0.5) is 11.4 Å². The zero-order chi connectivity index (χ0) is 20.4. The maximum Gasteiger partial charge on any atom is 0.284 e. The predicted molar refractivity (Wildman–Crippen MR) is 107 cm³/mol. The van der Waals surface area contributed by atoms with Crippen molar-refractivity contribution in [3.63, 3.8) is 0 Å². The molecule has 0 unspecified atom stereocenters. The normalized spacial score (nSPS) is 10.9. The molecule has 0 saturated carbocycles. The molecule has 0 fully saturated rings. The number of anilines is 1. The number of nitrogens with one attached hydrogen (secondary N) is 1. The van der Waals surface area contributed by atoms with Crippen LogP contribution in [0.25, 0.3) is 11.5 Å². The molecule has 0 aliphatic carbocycles. The van der Waals surface area contributed by atoms with E-state index in [1.165, 1.54) is 18.2 Å². The van der Waals surface area contributed by atoms with E-state index in [0.29, 0.717) is 27.4 Å². The summed E-state index contributed by atoms with van der Waals surface area (Å²) < 4.78 is 5.66. The van der Waals surface area contributed by atoms with E-state index in [4.69, 9.17) is 4.52 Å². The minimum atomic E-state index is -0.550. The third-order valence-corrected chi connectivity index (χ3v) is 4.78. The number of aryl methyl sites for hydroxylation is 1. The van der Waals surface area contributed by atoms with Crippen LogP contribution in [0.2, 0.25) is 0 Å². The monoisotopic (exact) mass is 444 g/mol. The minimum Gasteiger partial charge on any atom is -0.334 e. The maximum atomic E-state index is 12.7. The molecule has 0 aliphatic rings. The molecule has 1 N–H and O–H groups in total. The topological polar surface area (TPSA) is 111 Å². The summed E-state index contributed by atoms with van der Waals surface area (Å²) in [5.41, 5.74) is 1.87. The number of nitrogens with zero attached hydrogens (tertiary/aromatic N) is 3. The molecule has 28 heavy (non-hydrogen) atoms. The lowest BCUT2D eigenvalue weighted by Gasteiger charge is -2.12. The fraction of sp³-hybridized carbons (Fsp3) is 0.211. The Morgan fingerprint density at radius 1 is 1.29 bits per heavy atom. The van der Waals surface area contributed by atoms with Gasteiger partial charge in [-0.1, -0.05) is 31.1 Å². The Morgan fingerprint density at radius 2 is 2.04 bits per heavy atom. The van der Waals surface area contributed by atoms with Crippen LogP contribution in [0.1, 0.15) is 41.5 Å². The van der Waals surface area contributed by atoms with Crippen LogP contribution in [0.3, 0.4) is 0 Å². The Labute approximate surface area is 169 Å². The number of para-hydroxylation sites is 1. The molecule has 0 radical (unpaired) electrons. The first-order valence-electron chi connectivity index (χ1n) is 8.46. The molecule has 0 bridgehead atoms. The summed E-state index contributed by atoms with van der Waals surface area (Å²) in [6, 6.07) is 9.63. The molecule has 2 aromatic carbocycles. The summed E-state index contributed by atoms with van der Waals surface area (Å²) in [7, 11) is 0. The fourth-order valence-corrected chi connectivity index (χ4v) is 2.96. The van der Waals surface area contributed by atoms with Crippen molar-refractivity contribution < 1.29 is 14.2 Å². The van der Waals surface area contributed by atoms with Gasteiger partial charge in [-0.2, -0.15) is 4.98 Å². The highest BCUT2D eigenvalue weighted by molar-refractivity contribution is 9.10. The molecule has 3 aromatic rings. The third kappa shape index (κ3) is 3.94. The van der Waals surface area contributed by atoms with E-state index in [-0.39, 0.29) is 17.2 Å². The SMILES string of the molecule is Cc1cccc(-c2nc(C(C)C)no2)c1NC(=O)c1ccc(Br)c([N+](=O)[O-])c1. The molecule has 1 aromatic heterocycles. The second kappa shape index (κ2) is 7.89. The Morgan fingerprint density at radius 3 is 2.68 bits per heavy atom. The molecule has 1 heterocycles. The lowest BCUT2D eigenvalue weighted by atomic mass is 10.1. The highest BCUT2D eigenvalue weighted by Gasteiger charge is 2.20. The van der Waals surface area contributed by atoms with Crippen LogP contribution >= 0.6 is 15.9 Å². The Balaban J connectivity index is 1.97. The summed E-state index contributed by atoms with van der Waals surface area (Å²) in [4.78, 5) is 27.7. The highest BCUT2D eigenvalue weighted by atomic mass is 79.9. The summed E-state index contributed by atoms with van der Waals surface area (Å²) in [5.74, 6) is 0.486. The van der Waals surface area contributed by atoms with Crippen LogP contribution in [-0.4, -0.2) is 21.0 Å². The molecular formula is C19H17BrN4O4. The number of halogens is 1. The van der Waals surface area contributed by atoms with Crippen molar-refractivity contribution in [2.75, 3.05) is 5.32 Å². The number of carbonyl (C=O) groups excluding carboxylic acids is 1. The summed E-state index contributed by atoms with van der Waals surface area (Å²) >= 11 is 3.11. The number of hydrogen-bond acceptors (Lipinski definition) is 6. The lowest BCUT2D eigenvalue weighted by molar-refractivity contribution is -0.385. The van der Waals surface area contributed by atoms with Gasteiger partial charge in [-0.3, -0.25) is 14.9 Å². The molecule has 0 aliphatic heterocycles. The van der Waals surface area contributed by atoms with Gasteiger partial charge in [0.25, 0.3) is 17.5 Å². The number of amides is 1. The Hall–Kier alpha value is -3.07. The van der Waals surface area contributed by atoms with E-state index in [1.54, 1.807) is 6.07 Å². The first-order chi connectivity index (χ1) is 13.3. The first-order valence-corrected chi connectivity index (χ1v) is 9.26. The summed E-state index contributed by atoms with van der Waals surface area (Å²) in [5, 5.41) is 17.9. The van der Waals surface area contributed by atoms with Crippen molar-refractivity contribution in [3.8, 4) is 11.5 Å². The van der Waals surface area contributed by atoms with Crippen LogP contribution in [-0.2, 0) is 0 Å². The van der Waals surface area contributed by atoms with Crippen molar-refractivity contribution in [2.45, 2.75) is 26.7 Å². The van der Waals surface area contributed by atoms with Crippen LogP contribution in [0, 0.1) is 17.0 Å². The first kappa shape index (κ1) is 19.7. The second-order valence-corrected chi connectivity index (χ2v) is 7.34. The van der Waals surface area contributed by atoms with E-state index in [1.807, 2.05) is 32.9 Å². The lowest BCUT2D eigenvalue weighted by Crippen LogP contribution is -2.14. The van der Waals surface area contributed by atoms with Gasteiger partial charge in [0.05, 0.1) is 20.6 Å². The second-order valence-electron chi connectivity index (χ2n) is 6.49. The van der Waals surface area contributed by atoms with E-state index in [2.05, 4.69) is 31.4 Å². The van der Waals surface area contributed by atoms with Gasteiger partial charge in [-0.05, 0) is 46.6 Å². The molecule has 0 saturated heterocycles. The van der Waals surface area contributed by atoms with Gasteiger partial charge >= 0.3 is 0 Å². The number of nitro groups is 1. The molecule has 8 nitrogen and oxygen atoms in total. The number of aromatic nitrogens is 2. The average Bonchev–Trinajstić information content (AvgIpc) is 3.13. The largest absolute Gasteiger partial charge is 0.334 e. The van der Waals surface area contributed by atoms with Crippen molar-refractivity contribution in [1.29, 1.82) is 0 Å². The van der Waals surface area contributed by atoms with Crippen molar-refractivity contribution in [3.05, 3.63) is 67.9 Å². The van der Waals surface area contributed by atoms with Gasteiger partial charge in [-0.25, -0.2) is 0 Å². The zero-order valence-electron chi connectivity index (χ0n) is 15.4. The number of nitro benzene ring substituents is 1. The number of benzene rings is 2. The van der Waals surface area contributed by atoms with Gasteiger partial charge in [0, 0.05) is 17.5 Å². The maximum absolute atomic E-state index is 12.7. The minimum absolute atomic E-state index is 0.101. The van der Waals surface area contributed by atoms with E-state index in [0.717, 1.165) is 5.56 Å². The molecular weight excluding hydrogens is 428 g/mol. The molecule has 0 spiro atoms. The van der Waals surface area contributed by atoms with Crippen LogP contribution < -0.4 is 5.32 Å². The van der Waals surface area contributed by atoms with Crippen molar-refractivity contribution >= 4 is 33.2 Å². The number of carbonyl (C=O) groups is 1. The van der Waals surface area contributed by atoms with Crippen molar-refractivity contribution in [2.24, 2.45) is 0 Å². The molecule has 9 heteroatoms. The standard InChI is InChI=1S/C19H17BrN4O4/c1-10(2)17-22-19(28-23-17)13-6-4-5-11(3)16(13)21-18(25)12-7-8-14(20)15(9-12)24(26)27/h4-10H,1-3H3,(H,21,25). The van der Waals surface area contributed by atoms with Gasteiger partial charge < -0.3 is 9.84 Å². The molecule has 144 valence electrons. The zero-order valence-corrected chi connectivity index (χ0v) is 17.0. The van der Waals surface area contributed by atoms with Gasteiger partial charge in [-0.15, -0.1) is 0 Å². The van der Waals surface area contributed by atoms with Gasteiger partial charge in [0.1, 0.15) is 0 Å². The third-order valence-electron chi connectivity index (χ3n) is 4.10. The molecule has 0 atom stereocenters. The summed E-state index contributed by atoms with van der Waals surface area (Å²) in [6.45, 7) is 5.74. The van der Waals surface area contributed by atoms with E-state index >= 15 is 0 Å². The quantitative estimate of drug-likeness (QED) is 0.433. The van der Waals surface area contributed by atoms with E-state index in [9.17, 15) is 14.9 Å². The van der Waals surface area contributed by atoms with Crippen LogP contribution in [0.5, 0.6) is 0 Å². The molecule has 3 rings (SSSR count). The Bertz CT molecular complexity index is 1060. The number of hydrogen-bond donors (Lipinski definition) is 1. The van der Waals surface area contributed by atoms with Gasteiger partial charge in [0.15, 0.2) is 5.82 Å². The number of rotatable bonds is 5. The molecule has 1 amide bonds. The Kier molecular flexibility index (Phi) is 5.55. The van der Waals surface area contributed by atoms with Crippen molar-refractivity contribution in [1.82, 2.24) is 10.1 Å².